The maximum Gasteiger partial charge on any atom is 0.323 e. The molecule has 2 amide bonds. The first-order chi connectivity index (χ1) is 8.32. The summed E-state index contributed by atoms with van der Waals surface area (Å²) >= 11 is 0. The quantitative estimate of drug-likeness (QED) is 0.807. The summed E-state index contributed by atoms with van der Waals surface area (Å²) in [5.74, 6) is 0.0850. The second-order valence-corrected chi connectivity index (χ2v) is 5.59. The lowest BCUT2D eigenvalue weighted by Crippen LogP contribution is -2.50. The van der Waals surface area contributed by atoms with Gasteiger partial charge < -0.3 is 15.3 Å². The first-order valence-electron chi connectivity index (χ1n) is 6.61. The first-order valence-corrected chi connectivity index (χ1v) is 6.61. The molecule has 1 saturated carbocycles. The summed E-state index contributed by atoms with van der Waals surface area (Å²) in [6.45, 7) is 7.72. The standard InChI is InChI=1S/C13H24N2O3/c1-8(2)15(7-12(16)17)13(18)14-11-6-5-9(3)10(11)4/h8-11H,5-7H2,1-4H3,(H,14,18)(H,16,17). The molecule has 3 atom stereocenters. The Morgan fingerprint density at radius 1 is 1.33 bits per heavy atom. The van der Waals surface area contributed by atoms with Crippen LogP contribution in [0.2, 0.25) is 0 Å². The maximum absolute atomic E-state index is 12.1. The van der Waals surface area contributed by atoms with Crippen LogP contribution in [-0.2, 0) is 4.79 Å². The third-order valence-electron chi connectivity index (χ3n) is 3.96. The average molecular weight is 256 g/mol. The van der Waals surface area contributed by atoms with E-state index < -0.39 is 5.97 Å². The number of rotatable bonds is 4. The molecule has 0 aromatic carbocycles. The summed E-state index contributed by atoms with van der Waals surface area (Å²) in [4.78, 5) is 24.2. The minimum Gasteiger partial charge on any atom is -0.480 e. The van der Waals surface area contributed by atoms with Gasteiger partial charge in [0.25, 0.3) is 0 Å². The topological polar surface area (TPSA) is 69.6 Å². The van der Waals surface area contributed by atoms with Crippen LogP contribution in [-0.4, -0.2) is 40.6 Å². The summed E-state index contributed by atoms with van der Waals surface area (Å²) in [5, 5.41) is 11.8. The average Bonchev–Trinajstić information content (AvgIpc) is 2.57. The molecule has 0 radical (unpaired) electrons. The first kappa shape index (κ1) is 14.8. The molecule has 3 unspecified atom stereocenters. The third kappa shape index (κ3) is 3.62. The summed E-state index contributed by atoms with van der Waals surface area (Å²) in [6, 6.07) is -0.212. The highest BCUT2D eigenvalue weighted by Crippen LogP contribution is 2.31. The van der Waals surface area contributed by atoms with Crippen molar-refractivity contribution in [3.05, 3.63) is 0 Å². The Kier molecular flexibility index (Phi) is 4.99. The van der Waals surface area contributed by atoms with Crippen molar-refractivity contribution in [3.8, 4) is 0 Å². The summed E-state index contributed by atoms with van der Waals surface area (Å²) in [5.41, 5.74) is 0. The van der Waals surface area contributed by atoms with Gasteiger partial charge in [-0.2, -0.15) is 0 Å². The van der Waals surface area contributed by atoms with Gasteiger partial charge in [-0.25, -0.2) is 4.79 Å². The third-order valence-corrected chi connectivity index (χ3v) is 3.96. The zero-order chi connectivity index (χ0) is 13.9. The van der Waals surface area contributed by atoms with Gasteiger partial charge in [0.05, 0.1) is 0 Å². The van der Waals surface area contributed by atoms with Crippen LogP contribution < -0.4 is 5.32 Å². The van der Waals surface area contributed by atoms with E-state index in [9.17, 15) is 9.59 Å². The molecule has 104 valence electrons. The van der Waals surface area contributed by atoms with Crippen molar-refractivity contribution in [2.24, 2.45) is 11.8 Å². The highest BCUT2D eigenvalue weighted by atomic mass is 16.4. The summed E-state index contributed by atoms with van der Waals surface area (Å²) in [6.07, 6.45) is 2.10. The zero-order valence-corrected chi connectivity index (χ0v) is 11.6. The molecular formula is C13H24N2O3. The van der Waals surface area contributed by atoms with Gasteiger partial charge >= 0.3 is 12.0 Å². The van der Waals surface area contributed by atoms with Gasteiger partial charge in [0.15, 0.2) is 0 Å². The molecule has 0 heterocycles. The summed E-state index contributed by atoms with van der Waals surface area (Å²) < 4.78 is 0. The van der Waals surface area contributed by atoms with Crippen LogP contribution in [0.4, 0.5) is 4.79 Å². The van der Waals surface area contributed by atoms with Crippen molar-refractivity contribution in [3.63, 3.8) is 0 Å². The molecule has 0 aromatic heterocycles. The zero-order valence-electron chi connectivity index (χ0n) is 11.6. The van der Waals surface area contributed by atoms with E-state index in [-0.39, 0.29) is 24.7 Å². The van der Waals surface area contributed by atoms with Crippen LogP contribution in [0.15, 0.2) is 0 Å². The molecule has 0 aromatic rings. The Morgan fingerprint density at radius 3 is 2.33 bits per heavy atom. The lowest BCUT2D eigenvalue weighted by Gasteiger charge is -2.28. The molecule has 5 nitrogen and oxygen atoms in total. The van der Waals surface area contributed by atoms with E-state index in [1.807, 2.05) is 13.8 Å². The minimum atomic E-state index is -0.980. The SMILES string of the molecule is CC1CCC(NC(=O)N(CC(=O)O)C(C)C)C1C. The molecule has 1 rings (SSSR count). The van der Waals surface area contributed by atoms with Crippen LogP contribution in [0, 0.1) is 11.8 Å². The molecule has 2 N–H and O–H groups in total. The van der Waals surface area contributed by atoms with Gasteiger partial charge in [-0.3, -0.25) is 4.79 Å². The van der Waals surface area contributed by atoms with Gasteiger partial charge in [-0.05, 0) is 38.5 Å². The molecule has 18 heavy (non-hydrogen) atoms. The van der Waals surface area contributed by atoms with Crippen LogP contribution in [0.5, 0.6) is 0 Å². The number of urea groups is 1. The molecule has 0 bridgehead atoms. The van der Waals surface area contributed by atoms with Crippen molar-refractivity contribution in [2.45, 2.75) is 52.6 Å². The number of nitrogens with zero attached hydrogens (tertiary/aromatic N) is 1. The fraction of sp³-hybridized carbons (Fsp3) is 0.846. The molecule has 5 heteroatoms. The predicted octanol–water partition coefficient (Wildman–Crippen LogP) is 1.93. The maximum atomic E-state index is 12.1. The molecular weight excluding hydrogens is 232 g/mol. The van der Waals surface area contributed by atoms with Crippen LogP contribution in [0.25, 0.3) is 0 Å². The number of carbonyl (C=O) groups excluding carboxylic acids is 1. The number of carboxylic acid groups (broad SMARTS) is 1. The van der Waals surface area contributed by atoms with Crippen molar-refractivity contribution < 1.29 is 14.7 Å². The normalized spacial score (nSPS) is 27.3. The van der Waals surface area contributed by atoms with Crippen molar-refractivity contribution in [1.82, 2.24) is 10.2 Å². The molecule has 0 aliphatic heterocycles. The Labute approximate surface area is 109 Å². The van der Waals surface area contributed by atoms with Gasteiger partial charge in [0.1, 0.15) is 6.54 Å². The van der Waals surface area contributed by atoms with E-state index in [2.05, 4.69) is 19.2 Å². The van der Waals surface area contributed by atoms with E-state index in [1.54, 1.807) is 0 Å². The highest BCUT2D eigenvalue weighted by molar-refractivity contribution is 5.80. The largest absolute Gasteiger partial charge is 0.480 e. The van der Waals surface area contributed by atoms with Gasteiger partial charge in [0.2, 0.25) is 0 Å². The Balaban J connectivity index is 2.59. The Bertz CT molecular complexity index is 317. The van der Waals surface area contributed by atoms with Crippen molar-refractivity contribution >= 4 is 12.0 Å². The van der Waals surface area contributed by atoms with Gasteiger partial charge in [0, 0.05) is 12.1 Å². The van der Waals surface area contributed by atoms with Gasteiger partial charge in [-0.1, -0.05) is 13.8 Å². The highest BCUT2D eigenvalue weighted by Gasteiger charge is 2.32. The fourth-order valence-electron chi connectivity index (χ4n) is 2.44. The number of amides is 2. The van der Waals surface area contributed by atoms with Gasteiger partial charge in [-0.15, -0.1) is 0 Å². The molecule has 0 spiro atoms. The lowest BCUT2D eigenvalue weighted by molar-refractivity contribution is -0.138. The fourth-order valence-corrected chi connectivity index (χ4v) is 2.44. The number of hydrogen-bond donors (Lipinski definition) is 2. The van der Waals surface area contributed by atoms with E-state index in [1.165, 1.54) is 4.90 Å². The number of carbonyl (C=O) groups is 2. The molecule has 1 aliphatic rings. The Morgan fingerprint density at radius 2 is 1.94 bits per heavy atom. The molecule has 1 fully saturated rings. The van der Waals surface area contributed by atoms with E-state index >= 15 is 0 Å². The number of aliphatic carboxylic acids is 1. The smallest absolute Gasteiger partial charge is 0.323 e. The summed E-state index contributed by atoms with van der Waals surface area (Å²) in [7, 11) is 0. The van der Waals surface area contributed by atoms with Crippen LogP contribution in [0.3, 0.4) is 0 Å². The van der Waals surface area contributed by atoms with E-state index in [4.69, 9.17) is 5.11 Å². The number of hydrogen-bond acceptors (Lipinski definition) is 2. The van der Waals surface area contributed by atoms with E-state index in [0.29, 0.717) is 11.8 Å². The van der Waals surface area contributed by atoms with Crippen molar-refractivity contribution in [2.75, 3.05) is 6.54 Å². The Hall–Kier alpha value is -1.26. The second-order valence-electron chi connectivity index (χ2n) is 5.59. The van der Waals surface area contributed by atoms with Crippen LogP contribution >= 0.6 is 0 Å². The van der Waals surface area contributed by atoms with Crippen LogP contribution in [0.1, 0.15) is 40.5 Å². The van der Waals surface area contributed by atoms with E-state index in [0.717, 1.165) is 12.8 Å². The number of nitrogens with one attached hydrogen (secondary N) is 1. The second kappa shape index (κ2) is 6.07. The molecule has 0 saturated heterocycles. The van der Waals surface area contributed by atoms with Crippen molar-refractivity contribution in [1.29, 1.82) is 0 Å². The number of carboxylic acids is 1. The molecule has 1 aliphatic carbocycles. The monoisotopic (exact) mass is 256 g/mol. The lowest BCUT2D eigenvalue weighted by atomic mass is 9.98. The minimum absolute atomic E-state index is 0.116. The predicted molar refractivity (Wildman–Crippen MR) is 69.4 cm³/mol.